The normalized spacial score (nSPS) is 19.7. The number of rotatable bonds is 5. The van der Waals surface area contributed by atoms with Crippen LogP contribution in [-0.2, 0) is 14.3 Å². The first-order valence-electron chi connectivity index (χ1n) is 6.64. The lowest BCUT2D eigenvalue weighted by Gasteiger charge is -2.18. The van der Waals surface area contributed by atoms with Gasteiger partial charge in [-0.2, -0.15) is 0 Å². The average Bonchev–Trinajstić information content (AvgIpc) is 2.80. The topological polar surface area (TPSA) is 84.7 Å². The van der Waals surface area contributed by atoms with Gasteiger partial charge in [0.1, 0.15) is 12.1 Å². The third-order valence-corrected chi connectivity index (χ3v) is 3.56. The molecule has 114 valence electrons. The molecular weight excluding hydrogens is 294 g/mol. The van der Waals surface area contributed by atoms with Crippen LogP contribution in [0.5, 0.6) is 0 Å². The molecule has 2 atom stereocenters. The first kappa shape index (κ1) is 15.8. The number of halogens is 1. The van der Waals surface area contributed by atoms with Gasteiger partial charge in [-0.15, -0.1) is 0 Å². The van der Waals surface area contributed by atoms with Crippen LogP contribution in [-0.4, -0.2) is 44.2 Å². The molecule has 2 rings (SSSR count). The number of carbonyl (C=O) groups excluding carboxylic acids is 2. The van der Waals surface area contributed by atoms with Crippen LogP contribution in [0.1, 0.15) is 6.42 Å². The van der Waals surface area contributed by atoms with Gasteiger partial charge in [-0.25, -0.2) is 0 Å². The summed E-state index contributed by atoms with van der Waals surface area (Å²) in [5, 5.41) is 3.22. The van der Waals surface area contributed by atoms with Crippen LogP contribution in [0.4, 0.5) is 5.69 Å². The molecule has 0 aromatic heterocycles. The third kappa shape index (κ3) is 3.72. The van der Waals surface area contributed by atoms with E-state index in [0.29, 0.717) is 18.0 Å². The zero-order valence-electron chi connectivity index (χ0n) is 11.7. The smallest absolute Gasteiger partial charge is 0.249 e. The Labute approximate surface area is 128 Å². The highest BCUT2D eigenvalue weighted by Crippen LogP contribution is 2.24. The molecule has 2 amide bonds. The van der Waals surface area contributed by atoms with Crippen molar-refractivity contribution in [3.63, 3.8) is 0 Å². The highest BCUT2D eigenvalue weighted by atomic mass is 35.5. The Morgan fingerprint density at radius 1 is 1.62 bits per heavy atom. The lowest BCUT2D eigenvalue weighted by Crippen LogP contribution is -2.49. The molecule has 21 heavy (non-hydrogen) atoms. The lowest BCUT2D eigenvalue weighted by atomic mass is 10.2. The highest BCUT2D eigenvalue weighted by molar-refractivity contribution is 6.31. The number of ether oxygens (including phenoxy) is 1. The molecule has 2 unspecified atom stereocenters. The predicted octanol–water partition coefficient (Wildman–Crippen LogP) is 0.535. The van der Waals surface area contributed by atoms with Crippen LogP contribution in [0.15, 0.2) is 24.3 Å². The number of amides is 2. The molecule has 0 radical (unpaired) electrons. The molecule has 1 saturated heterocycles. The molecule has 0 saturated carbocycles. The third-order valence-electron chi connectivity index (χ3n) is 3.32. The van der Waals surface area contributed by atoms with E-state index in [1.54, 1.807) is 23.1 Å². The van der Waals surface area contributed by atoms with Crippen LogP contribution >= 0.6 is 11.6 Å². The second kappa shape index (κ2) is 6.89. The van der Waals surface area contributed by atoms with Crippen molar-refractivity contribution in [2.75, 3.05) is 25.2 Å². The second-order valence-corrected chi connectivity index (χ2v) is 5.32. The molecule has 1 aliphatic heterocycles. The summed E-state index contributed by atoms with van der Waals surface area (Å²) in [4.78, 5) is 25.8. The summed E-state index contributed by atoms with van der Waals surface area (Å²) in [6.07, 6.45) is 0.538. The van der Waals surface area contributed by atoms with Crippen LogP contribution in [0.2, 0.25) is 5.02 Å². The van der Waals surface area contributed by atoms with Gasteiger partial charge in [0.05, 0.1) is 6.61 Å². The number of methoxy groups -OCH3 is 1. The van der Waals surface area contributed by atoms with E-state index >= 15 is 0 Å². The van der Waals surface area contributed by atoms with Gasteiger partial charge in [0.25, 0.3) is 0 Å². The van der Waals surface area contributed by atoms with Gasteiger partial charge in [0.2, 0.25) is 11.8 Å². The Hall–Kier alpha value is -1.63. The lowest BCUT2D eigenvalue weighted by molar-refractivity contribution is -0.128. The van der Waals surface area contributed by atoms with Gasteiger partial charge in [0.15, 0.2) is 0 Å². The number of nitrogens with two attached hydrogens (primary N) is 1. The summed E-state index contributed by atoms with van der Waals surface area (Å²) in [5.41, 5.74) is 6.36. The van der Waals surface area contributed by atoms with Crippen molar-refractivity contribution in [2.24, 2.45) is 5.73 Å². The summed E-state index contributed by atoms with van der Waals surface area (Å²) >= 11 is 5.93. The maximum absolute atomic E-state index is 12.3. The number of carbonyl (C=O) groups is 2. The van der Waals surface area contributed by atoms with E-state index in [0.717, 1.165) is 5.69 Å². The average molecular weight is 312 g/mol. The number of hydrogen-bond donors (Lipinski definition) is 2. The number of anilines is 1. The van der Waals surface area contributed by atoms with E-state index in [-0.39, 0.29) is 18.4 Å². The maximum Gasteiger partial charge on any atom is 0.249 e. The molecule has 1 aromatic rings. The van der Waals surface area contributed by atoms with E-state index in [4.69, 9.17) is 22.1 Å². The van der Waals surface area contributed by atoms with Gasteiger partial charge in [-0.3, -0.25) is 9.59 Å². The Bertz CT molecular complexity index is 538. The van der Waals surface area contributed by atoms with Crippen molar-refractivity contribution in [3.8, 4) is 0 Å². The van der Waals surface area contributed by atoms with Crippen molar-refractivity contribution in [3.05, 3.63) is 29.3 Å². The van der Waals surface area contributed by atoms with Gasteiger partial charge in [-0.05, 0) is 24.6 Å². The van der Waals surface area contributed by atoms with E-state index in [1.165, 1.54) is 7.11 Å². The largest absolute Gasteiger partial charge is 0.383 e. The number of nitrogens with zero attached hydrogens (tertiary/aromatic N) is 1. The Kier molecular flexibility index (Phi) is 5.17. The molecule has 1 aromatic carbocycles. The molecule has 1 fully saturated rings. The molecule has 1 heterocycles. The van der Waals surface area contributed by atoms with Crippen molar-refractivity contribution in [1.82, 2.24) is 5.32 Å². The fourth-order valence-corrected chi connectivity index (χ4v) is 2.43. The van der Waals surface area contributed by atoms with Crippen molar-refractivity contribution in [1.29, 1.82) is 0 Å². The van der Waals surface area contributed by atoms with Gasteiger partial charge < -0.3 is 20.7 Å². The molecule has 0 aliphatic carbocycles. The van der Waals surface area contributed by atoms with Crippen LogP contribution in [0.25, 0.3) is 0 Å². The summed E-state index contributed by atoms with van der Waals surface area (Å²) in [7, 11) is 1.47. The standard InChI is InChI=1S/C14H18ClN3O3/c1-21-8-11(16)13(19)17-12-5-6-18(14(12)20)10-4-2-3-9(15)7-10/h2-4,7,11-12H,5-6,8,16H2,1H3,(H,17,19). The molecular formula is C14H18ClN3O3. The number of nitrogens with one attached hydrogen (secondary N) is 1. The number of benzene rings is 1. The minimum Gasteiger partial charge on any atom is -0.383 e. The van der Waals surface area contributed by atoms with E-state index in [9.17, 15) is 9.59 Å². The maximum atomic E-state index is 12.3. The fraction of sp³-hybridized carbons (Fsp3) is 0.429. The van der Waals surface area contributed by atoms with E-state index < -0.39 is 12.1 Å². The van der Waals surface area contributed by atoms with Gasteiger partial charge in [-0.1, -0.05) is 17.7 Å². The Morgan fingerprint density at radius 3 is 3.05 bits per heavy atom. The second-order valence-electron chi connectivity index (χ2n) is 4.88. The predicted molar refractivity (Wildman–Crippen MR) is 80.2 cm³/mol. The first-order valence-corrected chi connectivity index (χ1v) is 7.02. The first-order chi connectivity index (χ1) is 10.0. The van der Waals surface area contributed by atoms with Crippen molar-refractivity contribution < 1.29 is 14.3 Å². The molecule has 7 heteroatoms. The zero-order chi connectivity index (χ0) is 15.4. The summed E-state index contributed by atoms with van der Waals surface area (Å²) in [5.74, 6) is -0.543. The summed E-state index contributed by atoms with van der Waals surface area (Å²) in [6, 6.07) is 5.73. The Balaban J connectivity index is 2.00. The van der Waals surface area contributed by atoms with Crippen molar-refractivity contribution >= 4 is 29.1 Å². The minimum absolute atomic E-state index is 0.116. The SMILES string of the molecule is COCC(N)C(=O)NC1CCN(c2cccc(Cl)c2)C1=O. The highest BCUT2D eigenvalue weighted by Gasteiger charge is 2.34. The summed E-state index contributed by atoms with van der Waals surface area (Å²) < 4.78 is 4.82. The molecule has 1 aliphatic rings. The molecule has 6 nitrogen and oxygen atoms in total. The van der Waals surface area contributed by atoms with Gasteiger partial charge >= 0.3 is 0 Å². The molecule has 3 N–H and O–H groups in total. The quantitative estimate of drug-likeness (QED) is 0.831. The van der Waals surface area contributed by atoms with Crippen LogP contribution < -0.4 is 16.0 Å². The Morgan fingerprint density at radius 2 is 2.38 bits per heavy atom. The molecule has 0 bridgehead atoms. The number of hydrogen-bond acceptors (Lipinski definition) is 4. The van der Waals surface area contributed by atoms with Crippen molar-refractivity contribution in [2.45, 2.75) is 18.5 Å². The monoisotopic (exact) mass is 311 g/mol. The molecule has 0 spiro atoms. The van der Waals surface area contributed by atoms with Crippen LogP contribution in [0.3, 0.4) is 0 Å². The zero-order valence-corrected chi connectivity index (χ0v) is 12.5. The van der Waals surface area contributed by atoms with E-state index in [2.05, 4.69) is 5.32 Å². The van der Waals surface area contributed by atoms with Gasteiger partial charge in [0, 0.05) is 24.4 Å². The fourth-order valence-electron chi connectivity index (χ4n) is 2.25. The summed E-state index contributed by atoms with van der Waals surface area (Å²) in [6.45, 7) is 0.647. The van der Waals surface area contributed by atoms with Crippen LogP contribution in [0, 0.1) is 0 Å². The van der Waals surface area contributed by atoms with E-state index in [1.807, 2.05) is 6.07 Å². The minimum atomic E-state index is -0.775.